The summed E-state index contributed by atoms with van der Waals surface area (Å²) in [6.07, 6.45) is 0. The molecule has 0 atom stereocenters. The second-order valence-corrected chi connectivity index (χ2v) is 7.28. The summed E-state index contributed by atoms with van der Waals surface area (Å²) in [4.78, 5) is 0. The van der Waals surface area contributed by atoms with Gasteiger partial charge in [0.15, 0.2) is 0 Å². The van der Waals surface area contributed by atoms with Crippen LogP contribution in [-0.2, 0) is 16.9 Å². The molecular weight excluding hydrogens is 476 g/mol. The average Bonchev–Trinajstić information content (AvgIpc) is 2.92. The molecule has 0 heterocycles. The molecule has 0 fully saturated rings. The maximum atomic E-state index is 6.84. The maximum Gasteiger partial charge on any atom is 0.144 e. The second-order valence-electron chi connectivity index (χ2n) is 7.28. The zero-order valence-corrected chi connectivity index (χ0v) is 20.8. The van der Waals surface area contributed by atoms with Crippen molar-refractivity contribution in [1.29, 1.82) is 0 Å². The van der Waals surface area contributed by atoms with Crippen molar-refractivity contribution < 1.29 is 14.2 Å². The van der Waals surface area contributed by atoms with Crippen molar-refractivity contribution in [1.82, 2.24) is 0 Å². The Hall–Kier alpha value is -3.08. The summed E-state index contributed by atoms with van der Waals surface area (Å²) in [5.74, 6) is 3.43. The Bertz CT molecular complexity index is 1030. The van der Waals surface area contributed by atoms with E-state index in [1.165, 1.54) is 0 Å². The summed E-state index contributed by atoms with van der Waals surface area (Å²) in [6.45, 7) is 0.466. The zero-order valence-electron chi connectivity index (χ0n) is 19.2. The van der Waals surface area contributed by atoms with Gasteiger partial charge in [0.1, 0.15) is 17.1 Å². The van der Waals surface area contributed by atoms with E-state index in [-0.39, 0.29) is 0 Å². The second kappa shape index (κ2) is 12.2. The Morgan fingerprint density at radius 1 is 0.545 bits per heavy atom. The van der Waals surface area contributed by atoms with Crippen LogP contribution in [0.15, 0.2) is 109 Å². The average molecular weight is 505 g/mol. The lowest BCUT2D eigenvalue weighted by atomic mass is 9.80. The summed E-state index contributed by atoms with van der Waals surface area (Å²) in [6, 6.07) is 36.8. The van der Waals surface area contributed by atoms with Gasteiger partial charge in [0, 0.05) is 0 Å². The lowest BCUT2D eigenvalue weighted by Crippen LogP contribution is -2.32. The quantitative estimate of drug-likeness (QED) is 0.187. The predicted octanol–water partition coefficient (Wildman–Crippen LogP) is 7.22. The molecule has 0 saturated carbocycles. The molecule has 0 amide bonds. The minimum Gasteiger partial charge on any atom is -0.497 e. The van der Waals surface area contributed by atoms with Crippen LogP contribution in [0.25, 0.3) is 0 Å². The fraction of sp³-hybridized carbons (Fsp3) is 0.172. The first kappa shape index (κ1) is 24.6. The number of ether oxygens (including phenoxy) is 3. The Balaban J connectivity index is 0.00000149. The molecule has 170 valence electrons. The van der Waals surface area contributed by atoms with Crippen molar-refractivity contribution in [2.24, 2.45) is 0 Å². The van der Waals surface area contributed by atoms with Gasteiger partial charge in [-0.3, -0.25) is 0 Å². The molecule has 0 aliphatic heterocycles. The van der Waals surface area contributed by atoms with E-state index in [4.69, 9.17) is 14.2 Å². The molecule has 4 aromatic rings. The zero-order chi connectivity index (χ0) is 23.5. The lowest BCUT2D eigenvalue weighted by molar-refractivity contribution is 0.000194. The molecule has 3 nitrogen and oxygen atoms in total. The molecule has 0 spiro atoms. The SMILES string of the molecule is CBr.COc1ccc(C(OCc2ccccc2)(c2ccccc2)c2ccc(OC)cc2)cc1. The van der Waals surface area contributed by atoms with Gasteiger partial charge in [0.2, 0.25) is 0 Å². The predicted molar refractivity (Wildman–Crippen MR) is 138 cm³/mol. The summed E-state index contributed by atoms with van der Waals surface area (Å²) in [7, 11) is 3.35. The van der Waals surface area contributed by atoms with Crippen LogP contribution in [0.4, 0.5) is 0 Å². The Morgan fingerprint density at radius 2 is 0.939 bits per heavy atom. The molecule has 0 radical (unpaired) electrons. The number of hydrogen-bond donors (Lipinski definition) is 0. The smallest absolute Gasteiger partial charge is 0.144 e. The molecule has 0 unspecified atom stereocenters. The van der Waals surface area contributed by atoms with Crippen LogP contribution < -0.4 is 9.47 Å². The van der Waals surface area contributed by atoms with Gasteiger partial charge in [-0.2, -0.15) is 0 Å². The maximum absolute atomic E-state index is 6.84. The van der Waals surface area contributed by atoms with E-state index >= 15 is 0 Å². The Morgan fingerprint density at radius 3 is 1.36 bits per heavy atom. The minimum absolute atomic E-state index is 0.466. The monoisotopic (exact) mass is 504 g/mol. The third kappa shape index (κ3) is 5.65. The van der Waals surface area contributed by atoms with E-state index in [0.29, 0.717) is 6.61 Å². The van der Waals surface area contributed by atoms with Gasteiger partial charge in [0.05, 0.1) is 20.8 Å². The summed E-state index contributed by atoms with van der Waals surface area (Å²) < 4.78 is 17.6. The highest BCUT2D eigenvalue weighted by Crippen LogP contribution is 2.42. The fourth-order valence-electron chi connectivity index (χ4n) is 3.84. The number of benzene rings is 4. The van der Waals surface area contributed by atoms with Gasteiger partial charge in [0.25, 0.3) is 0 Å². The molecule has 4 heteroatoms. The highest BCUT2D eigenvalue weighted by molar-refractivity contribution is 9.08. The van der Waals surface area contributed by atoms with Crippen molar-refractivity contribution >= 4 is 15.9 Å². The molecule has 4 aromatic carbocycles. The van der Waals surface area contributed by atoms with Gasteiger partial charge in [-0.15, -0.1) is 0 Å². The standard InChI is InChI=1S/C28H26O3.CH3Br/c1-29-26-17-13-24(14-18-26)28(23-11-7-4-8-12-23,25-15-19-27(30-2)20-16-25)31-21-22-9-5-3-6-10-22;1-2/h3-20H,21H2,1-2H3;1H3. The van der Waals surface area contributed by atoms with E-state index in [0.717, 1.165) is 33.8 Å². The molecule has 0 aliphatic rings. The normalized spacial score (nSPS) is 10.7. The molecule has 0 aliphatic carbocycles. The van der Waals surface area contributed by atoms with Gasteiger partial charge in [-0.25, -0.2) is 0 Å². The van der Waals surface area contributed by atoms with Crippen molar-refractivity contribution in [2.75, 3.05) is 20.1 Å². The van der Waals surface area contributed by atoms with E-state index < -0.39 is 5.60 Å². The number of rotatable bonds is 8. The first-order chi connectivity index (χ1) is 16.3. The first-order valence-corrected chi connectivity index (χ1v) is 12.2. The molecule has 33 heavy (non-hydrogen) atoms. The van der Waals surface area contributed by atoms with E-state index in [1.54, 1.807) is 14.2 Å². The minimum atomic E-state index is -0.796. The van der Waals surface area contributed by atoms with Gasteiger partial charge in [-0.1, -0.05) is 101 Å². The topological polar surface area (TPSA) is 27.7 Å². The van der Waals surface area contributed by atoms with Crippen LogP contribution in [0.2, 0.25) is 0 Å². The van der Waals surface area contributed by atoms with Crippen molar-refractivity contribution in [3.8, 4) is 11.5 Å². The van der Waals surface area contributed by atoms with E-state index in [9.17, 15) is 0 Å². The van der Waals surface area contributed by atoms with E-state index in [2.05, 4.69) is 64.5 Å². The Labute approximate surface area is 205 Å². The van der Waals surface area contributed by atoms with Crippen molar-refractivity contribution in [3.05, 3.63) is 131 Å². The van der Waals surface area contributed by atoms with Crippen LogP contribution in [0.3, 0.4) is 0 Å². The molecule has 0 N–H and O–H groups in total. The molecule has 0 bridgehead atoms. The number of alkyl halides is 1. The van der Waals surface area contributed by atoms with Crippen molar-refractivity contribution in [2.45, 2.75) is 12.2 Å². The highest BCUT2D eigenvalue weighted by atomic mass is 79.9. The highest BCUT2D eigenvalue weighted by Gasteiger charge is 2.37. The van der Waals surface area contributed by atoms with Gasteiger partial charge in [-0.05, 0) is 52.4 Å². The van der Waals surface area contributed by atoms with Crippen LogP contribution >= 0.6 is 15.9 Å². The van der Waals surface area contributed by atoms with Crippen LogP contribution in [0, 0.1) is 0 Å². The summed E-state index contributed by atoms with van der Waals surface area (Å²) >= 11 is 2.94. The van der Waals surface area contributed by atoms with Gasteiger partial charge >= 0.3 is 0 Å². The molecule has 4 rings (SSSR count). The molecule has 0 aromatic heterocycles. The van der Waals surface area contributed by atoms with E-state index in [1.807, 2.05) is 66.5 Å². The molecular formula is C29H29BrO3. The largest absolute Gasteiger partial charge is 0.497 e. The van der Waals surface area contributed by atoms with Crippen LogP contribution in [0.5, 0.6) is 11.5 Å². The van der Waals surface area contributed by atoms with Crippen LogP contribution in [0.1, 0.15) is 22.3 Å². The third-order valence-electron chi connectivity index (χ3n) is 5.47. The summed E-state index contributed by atoms with van der Waals surface area (Å²) in [5, 5.41) is 0. The Kier molecular flexibility index (Phi) is 9.11. The van der Waals surface area contributed by atoms with Gasteiger partial charge < -0.3 is 14.2 Å². The van der Waals surface area contributed by atoms with Crippen LogP contribution in [-0.4, -0.2) is 20.1 Å². The number of methoxy groups -OCH3 is 2. The third-order valence-corrected chi connectivity index (χ3v) is 5.47. The summed E-state index contributed by atoms with van der Waals surface area (Å²) in [5.41, 5.74) is 3.43. The van der Waals surface area contributed by atoms with Crippen molar-refractivity contribution in [3.63, 3.8) is 0 Å². The number of halogens is 1. The first-order valence-electron chi connectivity index (χ1n) is 10.7. The fourth-order valence-corrected chi connectivity index (χ4v) is 3.84. The lowest BCUT2D eigenvalue weighted by Gasteiger charge is -2.36. The molecule has 0 saturated heterocycles. The number of hydrogen-bond acceptors (Lipinski definition) is 3.